The highest BCUT2D eigenvalue weighted by Gasteiger charge is 2.15. The number of rotatable bonds is 7. The molecule has 0 radical (unpaired) electrons. The number of methoxy groups -OCH3 is 1. The largest absolute Gasteiger partial charge is 0.497 e. The second-order valence-corrected chi connectivity index (χ2v) is 5.16. The number of ether oxygens (including phenoxy) is 2. The van der Waals surface area contributed by atoms with Crippen LogP contribution in [0.15, 0.2) is 48.5 Å². The zero-order valence-electron chi connectivity index (χ0n) is 13.5. The summed E-state index contributed by atoms with van der Waals surface area (Å²) < 4.78 is 10.4. The Hall–Kier alpha value is -3.02. The van der Waals surface area contributed by atoms with E-state index in [0.29, 0.717) is 5.75 Å². The summed E-state index contributed by atoms with van der Waals surface area (Å²) in [6.45, 7) is 1.58. The lowest BCUT2D eigenvalue weighted by atomic mass is 10.1. The number of carbonyl (C=O) groups is 2. The zero-order valence-corrected chi connectivity index (χ0v) is 13.5. The molecule has 2 rings (SSSR count). The van der Waals surface area contributed by atoms with Crippen molar-refractivity contribution in [1.29, 1.82) is 0 Å². The molecule has 6 heteroatoms. The molecule has 0 saturated heterocycles. The standard InChI is InChI=1S/C18H19NO5/c1-12(13-6-4-3-5-7-13)19-17(20)11-24-16-10-14(23-2)8-9-15(16)18(21)22/h3-10,12H,11H2,1-2H3,(H,19,20)(H,21,22). The van der Waals surface area contributed by atoms with Crippen molar-refractivity contribution in [2.75, 3.05) is 13.7 Å². The number of carbonyl (C=O) groups excluding carboxylic acids is 1. The fourth-order valence-corrected chi connectivity index (χ4v) is 2.18. The van der Waals surface area contributed by atoms with Gasteiger partial charge in [-0.05, 0) is 24.6 Å². The number of aromatic carboxylic acids is 1. The van der Waals surface area contributed by atoms with Crippen LogP contribution in [0, 0.1) is 0 Å². The van der Waals surface area contributed by atoms with E-state index in [9.17, 15) is 9.59 Å². The van der Waals surface area contributed by atoms with Crippen molar-refractivity contribution in [3.05, 3.63) is 59.7 Å². The predicted molar refractivity (Wildman–Crippen MR) is 88.4 cm³/mol. The van der Waals surface area contributed by atoms with E-state index in [-0.39, 0.29) is 29.9 Å². The van der Waals surface area contributed by atoms with Crippen LogP contribution in [-0.2, 0) is 4.79 Å². The number of benzene rings is 2. The van der Waals surface area contributed by atoms with Crippen molar-refractivity contribution < 1.29 is 24.2 Å². The van der Waals surface area contributed by atoms with Crippen LogP contribution in [0.5, 0.6) is 11.5 Å². The molecule has 2 aromatic carbocycles. The van der Waals surface area contributed by atoms with Gasteiger partial charge in [0.1, 0.15) is 17.1 Å². The summed E-state index contributed by atoms with van der Waals surface area (Å²) in [5.74, 6) is -0.936. The quantitative estimate of drug-likeness (QED) is 0.816. The average molecular weight is 329 g/mol. The van der Waals surface area contributed by atoms with Crippen molar-refractivity contribution in [3.63, 3.8) is 0 Å². The number of carboxylic acid groups (broad SMARTS) is 1. The van der Waals surface area contributed by atoms with Crippen LogP contribution in [-0.4, -0.2) is 30.7 Å². The summed E-state index contributed by atoms with van der Waals surface area (Å²) in [6.07, 6.45) is 0. The molecule has 0 aliphatic rings. The topological polar surface area (TPSA) is 84.9 Å². The molecule has 126 valence electrons. The van der Waals surface area contributed by atoms with E-state index in [1.165, 1.54) is 25.3 Å². The molecule has 0 spiro atoms. The highest BCUT2D eigenvalue weighted by molar-refractivity contribution is 5.91. The number of carboxylic acids is 1. The summed E-state index contributed by atoms with van der Waals surface area (Å²) in [7, 11) is 1.47. The van der Waals surface area contributed by atoms with E-state index >= 15 is 0 Å². The molecule has 2 aromatic rings. The Labute approximate surface area is 140 Å². The summed E-state index contributed by atoms with van der Waals surface area (Å²) in [6, 6.07) is 13.7. The van der Waals surface area contributed by atoms with Crippen LogP contribution < -0.4 is 14.8 Å². The lowest BCUT2D eigenvalue weighted by molar-refractivity contribution is -0.123. The fraction of sp³-hybridized carbons (Fsp3) is 0.222. The first kappa shape index (κ1) is 17.3. The summed E-state index contributed by atoms with van der Waals surface area (Å²) >= 11 is 0. The number of hydrogen-bond acceptors (Lipinski definition) is 4. The van der Waals surface area contributed by atoms with E-state index in [2.05, 4.69) is 5.32 Å². The zero-order chi connectivity index (χ0) is 17.5. The van der Waals surface area contributed by atoms with Gasteiger partial charge in [-0.3, -0.25) is 4.79 Å². The van der Waals surface area contributed by atoms with Gasteiger partial charge in [0.15, 0.2) is 6.61 Å². The van der Waals surface area contributed by atoms with Gasteiger partial charge in [-0.1, -0.05) is 30.3 Å². The molecular weight excluding hydrogens is 310 g/mol. The average Bonchev–Trinajstić information content (AvgIpc) is 2.60. The fourth-order valence-electron chi connectivity index (χ4n) is 2.18. The first-order valence-corrected chi connectivity index (χ1v) is 7.39. The minimum Gasteiger partial charge on any atom is -0.497 e. The first-order chi connectivity index (χ1) is 11.5. The van der Waals surface area contributed by atoms with Crippen LogP contribution in [0.25, 0.3) is 0 Å². The number of hydrogen-bond donors (Lipinski definition) is 2. The van der Waals surface area contributed by atoms with Gasteiger partial charge in [0, 0.05) is 6.07 Å². The van der Waals surface area contributed by atoms with Crippen LogP contribution in [0.1, 0.15) is 28.9 Å². The molecule has 1 unspecified atom stereocenters. The minimum absolute atomic E-state index is 0.0280. The van der Waals surface area contributed by atoms with Crippen LogP contribution in [0.2, 0.25) is 0 Å². The first-order valence-electron chi connectivity index (χ1n) is 7.39. The molecular formula is C18H19NO5. The van der Waals surface area contributed by atoms with Crippen LogP contribution in [0.4, 0.5) is 0 Å². The molecule has 1 amide bonds. The van der Waals surface area contributed by atoms with Crippen LogP contribution >= 0.6 is 0 Å². The van der Waals surface area contributed by atoms with Crippen molar-refractivity contribution in [2.45, 2.75) is 13.0 Å². The molecule has 6 nitrogen and oxygen atoms in total. The molecule has 0 bridgehead atoms. The maximum Gasteiger partial charge on any atom is 0.339 e. The Morgan fingerprint density at radius 1 is 1.17 bits per heavy atom. The molecule has 0 aromatic heterocycles. The third-order valence-corrected chi connectivity index (χ3v) is 3.46. The monoisotopic (exact) mass is 329 g/mol. The Morgan fingerprint density at radius 2 is 1.88 bits per heavy atom. The molecule has 0 saturated carbocycles. The second kappa shape index (κ2) is 8.01. The van der Waals surface area contributed by atoms with Gasteiger partial charge in [-0.25, -0.2) is 4.79 Å². The Kier molecular flexibility index (Phi) is 5.78. The van der Waals surface area contributed by atoms with Gasteiger partial charge in [-0.2, -0.15) is 0 Å². The van der Waals surface area contributed by atoms with E-state index in [0.717, 1.165) is 5.56 Å². The normalized spacial score (nSPS) is 11.4. The molecule has 24 heavy (non-hydrogen) atoms. The van der Waals surface area contributed by atoms with Gasteiger partial charge >= 0.3 is 5.97 Å². The smallest absolute Gasteiger partial charge is 0.339 e. The third kappa shape index (κ3) is 4.49. The Bertz CT molecular complexity index is 715. The Balaban J connectivity index is 2.00. The molecule has 0 aliphatic carbocycles. The summed E-state index contributed by atoms with van der Waals surface area (Å²) in [5.41, 5.74) is 0.943. The van der Waals surface area contributed by atoms with E-state index in [1.54, 1.807) is 0 Å². The van der Waals surface area contributed by atoms with Gasteiger partial charge in [0.25, 0.3) is 5.91 Å². The highest BCUT2D eigenvalue weighted by Crippen LogP contribution is 2.25. The molecule has 0 fully saturated rings. The highest BCUT2D eigenvalue weighted by atomic mass is 16.5. The summed E-state index contributed by atoms with van der Waals surface area (Å²) in [5, 5.41) is 12.0. The molecule has 2 N–H and O–H groups in total. The molecule has 1 atom stereocenters. The predicted octanol–water partition coefficient (Wildman–Crippen LogP) is 2.65. The second-order valence-electron chi connectivity index (χ2n) is 5.16. The van der Waals surface area contributed by atoms with Crippen LogP contribution in [0.3, 0.4) is 0 Å². The minimum atomic E-state index is -1.13. The Morgan fingerprint density at radius 3 is 2.50 bits per heavy atom. The van der Waals surface area contributed by atoms with Crippen molar-refractivity contribution in [3.8, 4) is 11.5 Å². The number of nitrogens with one attached hydrogen (secondary N) is 1. The van der Waals surface area contributed by atoms with Gasteiger partial charge in [0.05, 0.1) is 13.2 Å². The van der Waals surface area contributed by atoms with Crippen molar-refractivity contribution >= 4 is 11.9 Å². The lowest BCUT2D eigenvalue weighted by Gasteiger charge is -2.15. The molecule has 0 heterocycles. The van der Waals surface area contributed by atoms with Gasteiger partial charge in [-0.15, -0.1) is 0 Å². The molecule has 0 aliphatic heterocycles. The SMILES string of the molecule is COc1ccc(C(=O)O)c(OCC(=O)NC(C)c2ccccc2)c1. The van der Waals surface area contributed by atoms with Gasteiger partial charge in [0.2, 0.25) is 0 Å². The maximum absolute atomic E-state index is 12.0. The van der Waals surface area contributed by atoms with E-state index < -0.39 is 5.97 Å². The number of amides is 1. The van der Waals surface area contributed by atoms with Crippen molar-refractivity contribution in [1.82, 2.24) is 5.32 Å². The van der Waals surface area contributed by atoms with Gasteiger partial charge < -0.3 is 19.9 Å². The lowest BCUT2D eigenvalue weighted by Crippen LogP contribution is -2.31. The third-order valence-electron chi connectivity index (χ3n) is 3.46. The van der Waals surface area contributed by atoms with E-state index in [1.807, 2.05) is 37.3 Å². The maximum atomic E-state index is 12.0. The van der Waals surface area contributed by atoms with E-state index in [4.69, 9.17) is 14.6 Å². The summed E-state index contributed by atoms with van der Waals surface area (Å²) in [4.78, 5) is 23.2. The van der Waals surface area contributed by atoms with Crippen molar-refractivity contribution in [2.24, 2.45) is 0 Å².